The molecule has 0 aliphatic carbocycles. The van der Waals surface area contributed by atoms with Crippen LogP contribution in [-0.4, -0.2) is 35.1 Å². The largest absolute Gasteiger partial charge is 0.497 e. The highest BCUT2D eigenvalue weighted by Gasteiger charge is 2.07. The first-order valence-electron chi connectivity index (χ1n) is 8.43. The second kappa shape index (κ2) is 9.14. The fourth-order valence-corrected chi connectivity index (χ4v) is 2.87. The molecule has 0 saturated carbocycles. The second-order valence-corrected chi connectivity index (χ2v) is 6.43. The summed E-state index contributed by atoms with van der Waals surface area (Å²) in [6.07, 6.45) is 1.60. The van der Waals surface area contributed by atoms with Crippen LogP contribution in [0.3, 0.4) is 0 Å². The van der Waals surface area contributed by atoms with Gasteiger partial charge in [-0.3, -0.25) is 9.78 Å². The van der Waals surface area contributed by atoms with Crippen LogP contribution in [0.5, 0.6) is 11.5 Å². The zero-order valence-electron chi connectivity index (χ0n) is 15.3. The van der Waals surface area contributed by atoms with E-state index in [2.05, 4.69) is 41.6 Å². The van der Waals surface area contributed by atoms with Gasteiger partial charge >= 0.3 is 0 Å². The Bertz CT molecular complexity index is 1030. The number of anilines is 1. The molecular formula is C19H18BrN5O3. The number of hydrogen-bond donors (Lipinski definition) is 2. The van der Waals surface area contributed by atoms with E-state index in [9.17, 15) is 4.79 Å². The predicted octanol–water partition coefficient (Wildman–Crippen LogP) is 3.45. The molecule has 0 aliphatic rings. The summed E-state index contributed by atoms with van der Waals surface area (Å²) in [5.41, 5.74) is 3.99. The summed E-state index contributed by atoms with van der Waals surface area (Å²) in [6.45, 7) is 2.51. The third-order valence-corrected chi connectivity index (χ3v) is 4.32. The van der Waals surface area contributed by atoms with Crippen LogP contribution in [0.2, 0.25) is 0 Å². The molecule has 2 N–H and O–H groups in total. The standard InChI is InChI=1S/C19H18BrN5O3/c1-3-28-16-9-4-12(10-15(16)20)11-21-24-19-22-18(26)17(23-25-19)13-5-7-14(27-2)8-6-13/h4-11H,3H2,1-2H3,(H2,22,24,25,26)/b21-11+. The Hall–Kier alpha value is -3.20. The first-order valence-corrected chi connectivity index (χ1v) is 9.23. The highest BCUT2D eigenvalue weighted by molar-refractivity contribution is 9.10. The number of methoxy groups -OCH3 is 1. The van der Waals surface area contributed by atoms with E-state index in [1.807, 2.05) is 25.1 Å². The van der Waals surface area contributed by atoms with Gasteiger partial charge in [0.15, 0.2) is 5.69 Å². The molecule has 144 valence electrons. The fourth-order valence-electron chi connectivity index (χ4n) is 2.36. The topological polar surface area (TPSA) is 101 Å². The second-order valence-electron chi connectivity index (χ2n) is 5.57. The minimum absolute atomic E-state index is 0.142. The van der Waals surface area contributed by atoms with Crippen LogP contribution in [0.1, 0.15) is 12.5 Å². The molecule has 3 aromatic rings. The lowest BCUT2D eigenvalue weighted by atomic mass is 10.1. The van der Waals surface area contributed by atoms with Crippen molar-refractivity contribution < 1.29 is 9.47 Å². The molecule has 0 radical (unpaired) electrons. The quantitative estimate of drug-likeness (QED) is 0.428. The molecule has 9 heteroatoms. The molecule has 0 amide bonds. The number of hydrogen-bond acceptors (Lipinski definition) is 7. The Balaban J connectivity index is 1.69. The number of aromatic nitrogens is 3. The van der Waals surface area contributed by atoms with Gasteiger partial charge in [0.25, 0.3) is 5.56 Å². The summed E-state index contributed by atoms with van der Waals surface area (Å²) in [5, 5.41) is 12.0. The molecule has 1 heterocycles. The van der Waals surface area contributed by atoms with Crippen molar-refractivity contribution in [3.05, 3.63) is 62.9 Å². The van der Waals surface area contributed by atoms with Gasteiger partial charge < -0.3 is 9.47 Å². The Labute approximate surface area is 169 Å². The minimum atomic E-state index is -0.373. The Morgan fingerprint density at radius 1 is 1.21 bits per heavy atom. The van der Waals surface area contributed by atoms with Crippen molar-refractivity contribution in [3.63, 3.8) is 0 Å². The van der Waals surface area contributed by atoms with Gasteiger partial charge in [0.1, 0.15) is 11.5 Å². The van der Waals surface area contributed by atoms with Crippen molar-refractivity contribution in [2.75, 3.05) is 19.1 Å². The van der Waals surface area contributed by atoms with E-state index < -0.39 is 0 Å². The van der Waals surface area contributed by atoms with Crippen LogP contribution < -0.4 is 20.5 Å². The fraction of sp³-hybridized carbons (Fsp3) is 0.158. The van der Waals surface area contributed by atoms with E-state index in [1.54, 1.807) is 37.6 Å². The van der Waals surface area contributed by atoms with Crippen molar-refractivity contribution in [2.24, 2.45) is 5.10 Å². The molecular weight excluding hydrogens is 426 g/mol. The molecule has 0 fully saturated rings. The van der Waals surface area contributed by atoms with Gasteiger partial charge in [0.05, 0.1) is 24.4 Å². The number of H-pyrrole nitrogens is 1. The lowest BCUT2D eigenvalue weighted by Crippen LogP contribution is -2.15. The van der Waals surface area contributed by atoms with E-state index in [1.165, 1.54) is 0 Å². The molecule has 1 aromatic heterocycles. The average molecular weight is 444 g/mol. The maximum Gasteiger partial charge on any atom is 0.279 e. The van der Waals surface area contributed by atoms with Gasteiger partial charge in [-0.2, -0.15) is 5.10 Å². The highest BCUT2D eigenvalue weighted by Crippen LogP contribution is 2.25. The van der Waals surface area contributed by atoms with Crippen LogP contribution in [0.15, 0.2) is 56.8 Å². The SMILES string of the molecule is CCOc1ccc(/C=N/Nc2nnc(-c3ccc(OC)cc3)c(=O)[nH]2)cc1Br. The van der Waals surface area contributed by atoms with Gasteiger partial charge in [-0.1, -0.05) is 0 Å². The number of aromatic amines is 1. The zero-order chi connectivity index (χ0) is 19.9. The van der Waals surface area contributed by atoms with Crippen molar-refractivity contribution >= 4 is 28.1 Å². The Morgan fingerprint density at radius 2 is 2.00 bits per heavy atom. The van der Waals surface area contributed by atoms with Crippen LogP contribution in [0.4, 0.5) is 5.95 Å². The number of hydrazone groups is 1. The van der Waals surface area contributed by atoms with E-state index in [-0.39, 0.29) is 17.2 Å². The molecule has 0 atom stereocenters. The number of rotatable bonds is 7. The van der Waals surface area contributed by atoms with Crippen LogP contribution in [0.25, 0.3) is 11.3 Å². The summed E-state index contributed by atoms with van der Waals surface area (Å²) in [7, 11) is 1.58. The smallest absolute Gasteiger partial charge is 0.279 e. The molecule has 8 nitrogen and oxygen atoms in total. The predicted molar refractivity (Wildman–Crippen MR) is 111 cm³/mol. The monoisotopic (exact) mass is 443 g/mol. The number of nitrogens with zero attached hydrogens (tertiary/aromatic N) is 3. The van der Waals surface area contributed by atoms with E-state index >= 15 is 0 Å². The lowest BCUT2D eigenvalue weighted by molar-refractivity contribution is 0.338. The zero-order valence-corrected chi connectivity index (χ0v) is 16.9. The van der Waals surface area contributed by atoms with Crippen LogP contribution in [-0.2, 0) is 0 Å². The van der Waals surface area contributed by atoms with E-state index in [4.69, 9.17) is 9.47 Å². The van der Waals surface area contributed by atoms with Crippen molar-refractivity contribution in [3.8, 4) is 22.8 Å². The number of halogens is 1. The van der Waals surface area contributed by atoms with Gasteiger partial charge in [-0.05, 0) is 70.9 Å². The number of nitrogens with one attached hydrogen (secondary N) is 2. The first kappa shape index (κ1) is 19.6. The molecule has 2 aromatic carbocycles. The molecule has 3 rings (SSSR count). The highest BCUT2D eigenvalue weighted by atomic mass is 79.9. The van der Waals surface area contributed by atoms with Crippen molar-refractivity contribution in [1.29, 1.82) is 0 Å². The van der Waals surface area contributed by atoms with Gasteiger partial charge in [0, 0.05) is 5.56 Å². The van der Waals surface area contributed by atoms with Crippen molar-refractivity contribution in [1.82, 2.24) is 15.2 Å². The summed E-state index contributed by atoms with van der Waals surface area (Å²) < 4.78 is 11.4. The first-order chi connectivity index (χ1) is 13.6. The Kier molecular flexibility index (Phi) is 6.38. The summed E-state index contributed by atoms with van der Waals surface area (Å²) in [4.78, 5) is 14.9. The molecule has 0 spiro atoms. The Morgan fingerprint density at radius 3 is 2.64 bits per heavy atom. The maximum absolute atomic E-state index is 12.3. The normalized spacial score (nSPS) is 10.8. The summed E-state index contributed by atoms with van der Waals surface area (Å²) in [5.74, 6) is 1.60. The van der Waals surface area contributed by atoms with Gasteiger partial charge in [0.2, 0.25) is 5.95 Å². The van der Waals surface area contributed by atoms with Crippen molar-refractivity contribution in [2.45, 2.75) is 6.92 Å². The third kappa shape index (κ3) is 4.74. The van der Waals surface area contributed by atoms with Gasteiger partial charge in [-0.15, -0.1) is 10.2 Å². The summed E-state index contributed by atoms with van der Waals surface area (Å²) in [6, 6.07) is 12.6. The van der Waals surface area contributed by atoms with E-state index in [0.717, 1.165) is 15.8 Å². The summed E-state index contributed by atoms with van der Waals surface area (Å²) >= 11 is 3.45. The average Bonchev–Trinajstić information content (AvgIpc) is 2.70. The number of benzene rings is 2. The third-order valence-electron chi connectivity index (χ3n) is 3.70. The van der Waals surface area contributed by atoms with Crippen LogP contribution >= 0.6 is 15.9 Å². The minimum Gasteiger partial charge on any atom is -0.497 e. The van der Waals surface area contributed by atoms with Gasteiger partial charge in [-0.25, -0.2) is 5.43 Å². The molecule has 0 bridgehead atoms. The molecule has 28 heavy (non-hydrogen) atoms. The maximum atomic E-state index is 12.3. The molecule has 0 saturated heterocycles. The van der Waals surface area contributed by atoms with Crippen LogP contribution in [0, 0.1) is 0 Å². The lowest BCUT2D eigenvalue weighted by Gasteiger charge is -2.06. The molecule has 0 aliphatic heterocycles. The van der Waals surface area contributed by atoms with E-state index in [0.29, 0.717) is 17.9 Å². The number of ether oxygens (including phenoxy) is 2. The molecule has 0 unspecified atom stereocenters.